The smallest absolute Gasteiger partial charge is 0.142 e. The number of hydrogen-bond acceptors (Lipinski definition) is 4. The second-order valence-corrected chi connectivity index (χ2v) is 6.46. The molecule has 0 amide bonds. The number of halogens is 2. The summed E-state index contributed by atoms with van der Waals surface area (Å²) < 4.78 is 0. The van der Waals surface area contributed by atoms with E-state index in [1.165, 1.54) is 0 Å². The summed E-state index contributed by atoms with van der Waals surface area (Å²) in [6.07, 6.45) is 2.12. The van der Waals surface area contributed by atoms with Crippen molar-refractivity contribution < 1.29 is 0 Å². The van der Waals surface area contributed by atoms with Crippen LogP contribution in [0.4, 0.5) is 5.82 Å². The number of hydrogen-bond donors (Lipinski definition) is 2. The lowest BCUT2D eigenvalue weighted by molar-refractivity contribution is 0.461. The molecule has 2 heterocycles. The zero-order valence-corrected chi connectivity index (χ0v) is 14.0. The fourth-order valence-corrected chi connectivity index (χ4v) is 3.25. The van der Waals surface area contributed by atoms with Crippen LogP contribution >= 0.6 is 23.2 Å². The molecule has 1 atom stereocenters. The molecule has 0 aliphatic carbocycles. The number of nitrogens with zero attached hydrogens (tertiary/aromatic N) is 2. The second-order valence-electron chi connectivity index (χ2n) is 5.64. The first-order chi connectivity index (χ1) is 11.1. The summed E-state index contributed by atoms with van der Waals surface area (Å²) in [5.41, 5.74) is 9.00. The minimum Gasteiger partial charge on any atom is -0.383 e. The molecule has 1 fully saturated rings. The molecule has 1 saturated heterocycles. The Bertz CT molecular complexity index is 777. The van der Waals surface area contributed by atoms with Crippen molar-refractivity contribution in [3.63, 3.8) is 0 Å². The highest BCUT2D eigenvalue weighted by molar-refractivity contribution is 6.42. The number of aromatic nitrogens is 1. The normalized spacial score (nSPS) is 17.7. The predicted molar refractivity (Wildman–Crippen MR) is 93.7 cm³/mol. The molecule has 23 heavy (non-hydrogen) atoms. The molecule has 1 aromatic heterocycles. The fraction of sp³-hybridized carbons (Fsp3) is 0.294. The maximum absolute atomic E-state index is 9.44. The van der Waals surface area contributed by atoms with Gasteiger partial charge in [-0.2, -0.15) is 5.26 Å². The van der Waals surface area contributed by atoms with Gasteiger partial charge in [0.15, 0.2) is 0 Å². The molecule has 2 aromatic rings. The molecule has 3 N–H and O–H groups in total. The number of pyridine rings is 1. The number of rotatable bonds is 2. The van der Waals surface area contributed by atoms with Gasteiger partial charge < -0.3 is 11.1 Å². The predicted octanol–water partition coefficient (Wildman–Crippen LogP) is 3.98. The first-order valence-corrected chi connectivity index (χ1v) is 8.22. The number of anilines is 1. The highest BCUT2D eigenvalue weighted by Gasteiger charge is 2.22. The van der Waals surface area contributed by atoms with Crippen LogP contribution in [0.2, 0.25) is 10.0 Å². The van der Waals surface area contributed by atoms with E-state index < -0.39 is 0 Å². The van der Waals surface area contributed by atoms with E-state index in [0.29, 0.717) is 21.3 Å². The number of benzene rings is 1. The minimum atomic E-state index is 0.261. The van der Waals surface area contributed by atoms with Gasteiger partial charge >= 0.3 is 0 Å². The maximum Gasteiger partial charge on any atom is 0.142 e. The van der Waals surface area contributed by atoms with E-state index in [9.17, 15) is 5.26 Å². The highest BCUT2D eigenvalue weighted by atomic mass is 35.5. The third kappa shape index (κ3) is 3.28. The van der Waals surface area contributed by atoms with Crippen LogP contribution in [0.1, 0.15) is 29.9 Å². The molecule has 1 aliphatic heterocycles. The Morgan fingerprint density at radius 1 is 1.26 bits per heavy atom. The lowest BCUT2D eigenvalue weighted by Gasteiger charge is -2.24. The molecule has 0 bridgehead atoms. The summed E-state index contributed by atoms with van der Waals surface area (Å²) in [4.78, 5) is 4.37. The van der Waals surface area contributed by atoms with Crippen LogP contribution in [0.3, 0.4) is 0 Å². The van der Waals surface area contributed by atoms with E-state index in [2.05, 4.69) is 16.4 Å². The van der Waals surface area contributed by atoms with Gasteiger partial charge in [-0.25, -0.2) is 4.98 Å². The highest BCUT2D eigenvalue weighted by Crippen LogP contribution is 2.33. The van der Waals surface area contributed by atoms with Crippen molar-refractivity contribution in [2.45, 2.75) is 18.8 Å². The van der Waals surface area contributed by atoms with Gasteiger partial charge in [0.1, 0.15) is 11.9 Å². The molecule has 0 saturated carbocycles. The third-order valence-electron chi connectivity index (χ3n) is 4.14. The quantitative estimate of drug-likeness (QED) is 0.862. The van der Waals surface area contributed by atoms with Crippen molar-refractivity contribution in [3.8, 4) is 17.3 Å². The van der Waals surface area contributed by atoms with Crippen LogP contribution in [0, 0.1) is 11.3 Å². The molecule has 4 nitrogen and oxygen atoms in total. The average Bonchev–Trinajstić information content (AvgIpc) is 2.57. The molecule has 3 rings (SSSR count). The van der Waals surface area contributed by atoms with Crippen molar-refractivity contribution in [2.75, 3.05) is 18.8 Å². The van der Waals surface area contributed by atoms with Crippen molar-refractivity contribution in [2.24, 2.45) is 0 Å². The Labute approximate surface area is 145 Å². The maximum atomic E-state index is 9.44. The van der Waals surface area contributed by atoms with Gasteiger partial charge in [0.2, 0.25) is 0 Å². The van der Waals surface area contributed by atoms with Crippen LogP contribution in [0.15, 0.2) is 24.3 Å². The Morgan fingerprint density at radius 3 is 2.74 bits per heavy atom. The van der Waals surface area contributed by atoms with Crippen LogP contribution in [0.5, 0.6) is 0 Å². The van der Waals surface area contributed by atoms with Gasteiger partial charge in [-0.05, 0) is 49.1 Å². The van der Waals surface area contributed by atoms with Crippen molar-refractivity contribution in [1.82, 2.24) is 10.3 Å². The van der Waals surface area contributed by atoms with Crippen LogP contribution in [0.25, 0.3) is 11.3 Å². The van der Waals surface area contributed by atoms with E-state index in [0.717, 1.165) is 37.1 Å². The van der Waals surface area contributed by atoms with Crippen LogP contribution < -0.4 is 11.1 Å². The Balaban J connectivity index is 2.10. The lowest BCUT2D eigenvalue weighted by Crippen LogP contribution is -2.29. The molecule has 6 heteroatoms. The molecule has 118 valence electrons. The van der Waals surface area contributed by atoms with Crippen LogP contribution in [-0.4, -0.2) is 18.1 Å². The topological polar surface area (TPSA) is 74.7 Å². The third-order valence-corrected chi connectivity index (χ3v) is 4.88. The number of nitrogens with two attached hydrogens (primary N) is 1. The van der Waals surface area contributed by atoms with Crippen molar-refractivity contribution in [1.29, 1.82) is 5.26 Å². The molecule has 0 unspecified atom stereocenters. The number of nitrogen functional groups attached to an aromatic ring is 1. The Kier molecular flexibility index (Phi) is 4.72. The average molecular weight is 347 g/mol. The summed E-state index contributed by atoms with van der Waals surface area (Å²) >= 11 is 12.1. The SMILES string of the molecule is N#Cc1c([C@H]2CCCNC2)cc(-c2ccc(Cl)c(Cl)c2)nc1N. The molecule has 0 spiro atoms. The van der Waals surface area contributed by atoms with E-state index in [1.807, 2.05) is 12.1 Å². The molecular formula is C17H16Cl2N4. The zero-order valence-electron chi connectivity index (χ0n) is 12.4. The first-order valence-electron chi connectivity index (χ1n) is 7.47. The van der Waals surface area contributed by atoms with Gasteiger partial charge in [-0.15, -0.1) is 0 Å². The summed E-state index contributed by atoms with van der Waals surface area (Å²) in [5.74, 6) is 0.530. The van der Waals surface area contributed by atoms with E-state index >= 15 is 0 Å². The molecule has 0 radical (unpaired) electrons. The summed E-state index contributed by atoms with van der Waals surface area (Å²) in [7, 11) is 0. The van der Waals surface area contributed by atoms with Crippen molar-refractivity contribution in [3.05, 3.63) is 45.4 Å². The van der Waals surface area contributed by atoms with Gasteiger partial charge in [0, 0.05) is 12.1 Å². The number of piperidine rings is 1. The van der Waals surface area contributed by atoms with Crippen molar-refractivity contribution >= 4 is 29.0 Å². The van der Waals surface area contributed by atoms with Gasteiger partial charge in [0.05, 0.1) is 21.3 Å². The standard InChI is InChI=1S/C17H16Cl2N4/c18-14-4-3-10(6-15(14)19)16-7-12(11-2-1-5-22-9-11)13(8-20)17(21)23-16/h3-4,6-7,11,22H,1-2,5,9H2,(H2,21,23)/t11-/m0/s1. The lowest BCUT2D eigenvalue weighted by atomic mass is 9.88. The number of nitrogens with one attached hydrogen (secondary N) is 1. The van der Waals surface area contributed by atoms with E-state index in [1.54, 1.807) is 12.1 Å². The molecular weight excluding hydrogens is 331 g/mol. The van der Waals surface area contributed by atoms with Gasteiger partial charge in [-0.3, -0.25) is 0 Å². The Hall–Kier alpha value is -1.80. The first kappa shape index (κ1) is 16.1. The summed E-state index contributed by atoms with van der Waals surface area (Å²) in [6.45, 7) is 1.86. The monoisotopic (exact) mass is 346 g/mol. The van der Waals surface area contributed by atoms with Gasteiger partial charge in [-0.1, -0.05) is 29.3 Å². The van der Waals surface area contributed by atoms with E-state index in [-0.39, 0.29) is 11.7 Å². The fourth-order valence-electron chi connectivity index (χ4n) is 2.95. The summed E-state index contributed by atoms with van der Waals surface area (Å²) in [6, 6.07) is 9.50. The molecule has 1 aromatic carbocycles. The largest absolute Gasteiger partial charge is 0.383 e. The van der Waals surface area contributed by atoms with Crippen LogP contribution in [-0.2, 0) is 0 Å². The number of nitriles is 1. The molecule has 1 aliphatic rings. The zero-order chi connectivity index (χ0) is 16.4. The van der Waals surface area contributed by atoms with E-state index in [4.69, 9.17) is 28.9 Å². The Morgan fingerprint density at radius 2 is 2.09 bits per heavy atom. The second kappa shape index (κ2) is 6.76. The summed E-state index contributed by atoms with van der Waals surface area (Å²) in [5, 5.41) is 13.8. The van der Waals surface area contributed by atoms with Gasteiger partial charge in [0.25, 0.3) is 0 Å². The minimum absolute atomic E-state index is 0.261.